The highest BCUT2D eigenvalue weighted by Crippen LogP contribution is 2.52. The summed E-state index contributed by atoms with van der Waals surface area (Å²) in [5, 5.41) is 0. The Kier molecular flexibility index (Phi) is 8.43. The Labute approximate surface area is 211 Å². The summed E-state index contributed by atoms with van der Waals surface area (Å²) in [5.74, 6) is -37.7. The second-order valence-corrected chi connectivity index (χ2v) is 10.0. The normalized spacial score (nSPS) is 12.0. The van der Waals surface area contributed by atoms with Gasteiger partial charge in [0.05, 0.1) is 19.6 Å². The lowest BCUT2D eigenvalue weighted by Crippen LogP contribution is -2.12. The first-order valence-electron chi connectivity index (χ1n) is 8.75. The maximum Gasteiger partial charge on any atom is 0.350 e. The number of hydrogen-bond acceptors (Lipinski definition) is 3. The Hall–Kier alpha value is -2.41. The molecule has 0 bridgehead atoms. The minimum absolute atomic E-state index is 1.05. The third-order valence-electron chi connectivity index (χ3n) is 4.17. The van der Waals surface area contributed by atoms with Gasteiger partial charge in [-0.3, -0.25) is 0 Å². The van der Waals surface area contributed by atoms with Crippen molar-refractivity contribution >= 4 is 35.3 Å². The van der Waals surface area contributed by atoms with Crippen molar-refractivity contribution in [3.8, 4) is 0 Å². The summed E-state index contributed by atoms with van der Waals surface area (Å²) >= 11 is -4.06. The number of halogens is 16. The zero-order valence-corrected chi connectivity index (χ0v) is 19.2. The first-order chi connectivity index (χ1) is 17.4. The van der Waals surface area contributed by atoms with Crippen LogP contribution in [0.3, 0.4) is 0 Å². The molecule has 0 aromatic heterocycles. The molecule has 0 saturated heterocycles. The Morgan fingerprint density at radius 1 is 0.289 bits per heavy atom. The number of rotatable bonds is 6. The lowest BCUT2D eigenvalue weighted by Gasteiger charge is -2.18. The summed E-state index contributed by atoms with van der Waals surface area (Å²) in [4.78, 5) is -8.66. The molecule has 0 amide bonds. The van der Waals surface area contributed by atoms with Gasteiger partial charge in [0.25, 0.3) is 0 Å². The van der Waals surface area contributed by atoms with Crippen molar-refractivity contribution in [2.75, 3.05) is 0 Å². The van der Waals surface area contributed by atoms with Gasteiger partial charge in [0.15, 0.2) is 69.8 Å². The van der Waals surface area contributed by atoms with E-state index in [2.05, 4.69) is 0 Å². The smallest absolute Gasteiger partial charge is 0.202 e. The molecule has 38 heavy (non-hydrogen) atoms. The SMILES string of the molecule is Fc1c(F)c(F)c(Sc2c(F)c(F)c(SC(F)(F)Sc3c(F)c(F)c(F)c(F)c3F)c(F)c2F)c(F)c1F. The number of hydrogen-bond donors (Lipinski definition) is 0. The summed E-state index contributed by atoms with van der Waals surface area (Å²) in [6, 6.07) is 0. The van der Waals surface area contributed by atoms with Crippen LogP contribution in [0.4, 0.5) is 70.2 Å². The average molecular weight is 628 g/mol. The van der Waals surface area contributed by atoms with Crippen LogP contribution in [0.1, 0.15) is 0 Å². The summed E-state index contributed by atoms with van der Waals surface area (Å²) in [5.41, 5.74) is 0. The Bertz CT molecular complexity index is 1380. The Balaban J connectivity index is 2.05. The highest BCUT2D eigenvalue weighted by atomic mass is 32.2. The van der Waals surface area contributed by atoms with E-state index in [0.29, 0.717) is 0 Å². The molecular formula is C19F16S3. The molecule has 0 fully saturated rings. The molecule has 0 aliphatic rings. The van der Waals surface area contributed by atoms with E-state index in [1.54, 1.807) is 0 Å². The summed E-state index contributed by atoms with van der Waals surface area (Å²) in [6.07, 6.45) is 0. The van der Waals surface area contributed by atoms with Crippen LogP contribution in [0.25, 0.3) is 0 Å². The summed E-state index contributed by atoms with van der Waals surface area (Å²) in [6.45, 7) is 0. The first-order valence-corrected chi connectivity index (χ1v) is 11.2. The van der Waals surface area contributed by atoms with Gasteiger partial charge in [-0.2, -0.15) is 8.78 Å². The second-order valence-electron chi connectivity index (χ2n) is 6.48. The van der Waals surface area contributed by atoms with E-state index >= 15 is 0 Å². The summed E-state index contributed by atoms with van der Waals surface area (Å²) in [7, 11) is 0. The molecule has 3 aromatic carbocycles. The van der Waals surface area contributed by atoms with Gasteiger partial charge in [0.1, 0.15) is 0 Å². The summed E-state index contributed by atoms with van der Waals surface area (Å²) < 4.78 is 215. The van der Waals surface area contributed by atoms with E-state index in [4.69, 9.17) is 0 Å². The minimum atomic E-state index is -5.00. The molecule has 0 spiro atoms. The van der Waals surface area contributed by atoms with E-state index in [9.17, 15) is 70.2 Å². The van der Waals surface area contributed by atoms with Crippen LogP contribution in [0.5, 0.6) is 0 Å². The lowest BCUT2D eigenvalue weighted by molar-refractivity contribution is 0.210. The predicted octanol–water partition coefficient (Wildman–Crippen LogP) is 9.22. The average Bonchev–Trinajstić information content (AvgIpc) is 2.87. The fourth-order valence-electron chi connectivity index (χ4n) is 2.48. The van der Waals surface area contributed by atoms with E-state index < -0.39 is 141 Å². The van der Waals surface area contributed by atoms with E-state index in [0.717, 1.165) is 0 Å². The largest absolute Gasteiger partial charge is 0.350 e. The van der Waals surface area contributed by atoms with Crippen molar-refractivity contribution in [2.45, 2.75) is 24.2 Å². The zero-order valence-electron chi connectivity index (χ0n) is 16.8. The monoisotopic (exact) mass is 628 g/mol. The van der Waals surface area contributed by atoms with Gasteiger partial charge in [0, 0.05) is 0 Å². The van der Waals surface area contributed by atoms with Gasteiger partial charge in [-0.1, -0.05) is 11.8 Å². The Morgan fingerprint density at radius 2 is 0.474 bits per heavy atom. The molecule has 19 heteroatoms. The molecule has 0 atom stereocenters. The van der Waals surface area contributed by atoms with Gasteiger partial charge in [-0.25, -0.2) is 61.5 Å². The molecule has 0 aliphatic carbocycles. The molecule has 206 valence electrons. The highest BCUT2D eigenvalue weighted by molar-refractivity contribution is 8.17. The second kappa shape index (κ2) is 10.6. The fourth-order valence-corrected chi connectivity index (χ4v) is 5.26. The molecule has 0 saturated carbocycles. The van der Waals surface area contributed by atoms with Crippen LogP contribution in [0.15, 0.2) is 19.6 Å². The van der Waals surface area contributed by atoms with Crippen molar-refractivity contribution in [1.82, 2.24) is 0 Å². The van der Waals surface area contributed by atoms with Crippen LogP contribution in [0, 0.1) is 81.4 Å². The third-order valence-corrected chi connectivity index (χ3v) is 7.39. The van der Waals surface area contributed by atoms with E-state index in [-0.39, 0.29) is 0 Å². The molecule has 0 unspecified atom stereocenters. The predicted molar refractivity (Wildman–Crippen MR) is 99.5 cm³/mol. The van der Waals surface area contributed by atoms with Gasteiger partial charge in [0.2, 0.25) is 11.6 Å². The lowest BCUT2D eigenvalue weighted by atomic mass is 10.3. The molecule has 3 aromatic rings. The maximum atomic E-state index is 14.4. The topological polar surface area (TPSA) is 0 Å². The van der Waals surface area contributed by atoms with Gasteiger partial charge in [-0.05, 0) is 23.5 Å². The van der Waals surface area contributed by atoms with Crippen LogP contribution in [0.2, 0.25) is 0 Å². The van der Waals surface area contributed by atoms with E-state index in [1.165, 1.54) is 0 Å². The Morgan fingerprint density at radius 3 is 0.763 bits per heavy atom. The zero-order chi connectivity index (χ0) is 29.0. The number of thioether (sulfide) groups is 2. The molecule has 3 rings (SSSR count). The number of benzene rings is 3. The number of alkyl halides is 2. The molecule has 0 aliphatic heterocycles. The third kappa shape index (κ3) is 5.11. The standard InChI is InChI=1S/C19F16S3/c20-1-3(22)7(26)15(8(27)4(1)23)36-16-11(30)13(32)18(14(33)12(16)31)38-19(34,35)37-17-9(28)5(24)2(21)6(25)10(17)29. The minimum Gasteiger partial charge on any atom is -0.202 e. The highest BCUT2D eigenvalue weighted by Gasteiger charge is 2.41. The van der Waals surface area contributed by atoms with Crippen LogP contribution in [-0.2, 0) is 0 Å². The van der Waals surface area contributed by atoms with Gasteiger partial charge < -0.3 is 0 Å². The van der Waals surface area contributed by atoms with Crippen molar-refractivity contribution in [3.05, 3.63) is 81.4 Å². The van der Waals surface area contributed by atoms with Crippen molar-refractivity contribution in [2.24, 2.45) is 0 Å². The molecule has 0 nitrogen and oxygen atoms in total. The quantitative estimate of drug-likeness (QED) is 0.0879. The van der Waals surface area contributed by atoms with Crippen molar-refractivity contribution in [3.63, 3.8) is 0 Å². The fraction of sp³-hybridized carbons (Fsp3) is 0.0526. The van der Waals surface area contributed by atoms with Crippen molar-refractivity contribution < 1.29 is 70.2 Å². The molecular weight excluding hydrogens is 628 g/mol. The maximum absolute atomic E-state index is 14.4. The van der Waals surface area contributed by atoms with Gasteiger partial charge >= 0.3 is 4.59 Å². The van der Waals surface area contributed by atoms with Crippen LogP contribution < -0.4 is 0 Å². The molecule has 0 N–H and O–H groups in total. The van der Waals surface area contributed by atoms with Crippen LogP contribution in [-0.4, -0.2) is 4.59 Å². The van der Waals surface area contributed by atoms with Crippen molar-refractivity contribution in [1.29, 1.82) is 0 Å². The van der Waals surface area contributed by atoms with Gasteiger partial charge in [-0.15, -0.1) is 0 Å². The van der Waals surface area contributed by atoms with E-state index in [1.807, 2.05) is 0 Å². The van der Waals surface area contributed by atoms with Crippen LogP contribution >= 0.6 is 35.3 Å². The first kappa shape index (κ1) is 30.1. The molecule has 0 heterocycles. The molecule has 0 radical (unpaired) electrons.